The van der Waals surface area contributed by atoms with Crippen molar-refractivity contribution in [3.8, 4) is 0 Å². The van der Waals surface area contributed by atoms with Crippen molar-refractivity contribution in [1.82, 2.24) is 5.32 Å². The summed E-state index contributed by atoms with van der Waals surface area (Å²) < 4.78 is 19.1. The first kappa shape index (κ1) is 15.0. The fourth-order valence-electron chi connectivity index (χ4n) is 2.45. The minimum absolute atomic E-state index is 0.0171. The van der Waals surface area contributed by atoms with Gasteiger partial charge in [-0.15, -0.1) is 0 Å². The first-order valence-electron chi connectivity index (χ1n) is 7.35. The van der Waals surface area contributed by atoms with Gasteiger partial charge in [-0.2, -0.15) is 0 Å². The number of benzene rings is 2. The van der Waals surface area contributed by atoms with E-state index >= 15 is 0 Å². The second-order valence-electron chi connectivity index (χ2n) is 5.19. The van der Waals surface area contributed by atoms with Gasteiger partial charge in [0.1, 0.15) is 17.6 Å². The van der Waals surface area contributed by atoms with Gasteiger partial charge in [-0.1, -0.05) is 48.5 Å². The van der Waals surface area contributed by atoms with Crippen LogP contribution in [0.3, 0.4) is 0 Å². The molecule has 0 saturated carbocycles. The summed E-state index contributed by atoms with van der Waals surface area (Å²) in [5, 5.41) is 2.91. The Labute approximate surface area is 133 Å². The molecule has 0 radical (unpaired) electrons. The van der Waals surface area contributed by atoms with Crippen molar-refractivity contribution in [2.45, 2.75) is 12.5 Å². The van der Waals surface area contributed by atoms with Crippen LogP contribution in [0.2, 0.25) is 0 Å². The molecule has 3 nitrogen and oxygen atoms in total. The number of hydrogen-bond donors (Lipinski definition) is 1. The van der Waals surface area contributed by atoms with E-state index in [4.69, 9.17) is 4.42 Å². The third kappa shape index (κ3) is 3.66. The molecule has 3 aromatic rings. The molecule has 0 saturated heterocycles. The minimum atomic E-state index is -0.398. The van der Waals surface area contributed by atoms with E-state index in [1.165, 1.54) is 6.07 Å². The summed E-state index contributed by atoms with van der Waals surface area (Å²) in [6, 6.07) is 19.0. The van der Waals surface area contributed by atoms with Crippen molar-refractivity contribution in [2.24, 2.45) is 0 Å². The molecule has 3 rings (SSSR count). The van der Waals surface area contributed by atoms with Crippen molar-refractivity contribution in [3.63, 3.8) is 0 Å². The zero-order valence-corrected chi connectivity index (χ0v) is 12.4. The average molecular weight is 309 g/mol. The summed E-state index contributed by atoms with van der Waals surface area (Å²) in [5.74, 6) is -0.00431. The Morgan fingerprint density at radius 1 is 1.00 bits per heavy atom. The van der Waals surface area contributed by atoms with E-state index in [1.807, 2.05) is 30.3 Å². The highest BCUT2D eigenvalue weighted by Crippen LogP contribution is 2.22. The number of furan rings is 1. The van der Waals surface area contributed by atoms with Gasteiger partial charge in [-0.3, -0.25) is 4.79 Å². The number of carbonyl (C=O) groups excluding carboxylic acids is 1. The zero-order chi connectivity index (χ0) is 16.1. The molecular weight excluding hydrogens is 293 g/mol. The van der Waals surface area contributed by atoms with Gasteiger partial charge >= 0.3 is 0 Å². The fraction of sp³-hybridized carbons (Fsp3) is 0.105. The van der Waals surface area contributed by atoms with Crippen LogP contribution in [0.15, 0.2) is 77.4 Å². The molecule has 0 aliphatic heterocycles. The second-order valence-corrected chi connectivity index (χ2v) is 5.19. The molecule has 1 N–H and O–H groups in total. The Morgan fingerprint density at radius 3 is 2.43 bits per heavy atom. The maximum absolute atomic E-state index is 13.7. The number of amides is 1. The van der Waals surface area contributed by atoms with E-state index in [1.54, 1.807) is 36.6 Å². The summed E-state index contributed by atoms with van der Waals surface area (Å²) in [5.41, 5.74) is 1.28. The van der Waals surface area contributed by atoms with Crippen molar-refractivity contribution >= 4 is 5.91 Å². The van der Waals surface area contributed by atoms with E-state index in [9.17, 15) is 9.18 Å². The van der Waals surface area contributed by atoms with Gasteiger partial charge in [0, 0.05) is 0 Å². The topological polar surface area (TPSA) is 42.2 Å². The van der Waals surface area contributed by atoms with Crippen LogP contribution in [0.5, 0.6) is 0 Å². The summed E-state index contributed by atoms with van der Waals surface area (Å²) in [6.45, 7) is 0. The molecule has 1 heterocycles. The molecule has 1 atom stereocenters. The monoisotopic (exact) mass is 309 g/mol. The van der Waals surface area contributed by atoms with E-state index < -0.39 is 6.04 Å². The van der Waals surface area contributed by atoms with Gasteiger partial charge in [0.2, 0.25) is 5.91 Å². The molecule has 1 aromatic heterocycles. The third-order valence-corrected chi connectivity index (χ3v) is 3.57. The highest BCUT2D eigenvalue weighted by molar-refractivity contribution is 5.79. The van der Waals surface area contributed by atoms with E-state index in [2.05, 4.69) is 5.32 Å². The Kier molecular flexibility index (Phi) is 4.52. The van der Waals surface area contributed by atoms with Gasteiger partial charge in [0.25, 0.3) is 0 Å². The number of halogens is 1. The van der Waals surface area contributed by atoms with Crippen LogP contribution >= 0.6 is 0 Å². The molecule has 4 heteroatoms. The SMILES string of the molecule is O=C(Cc1ccccc1F)NC(c1ccccc1)c1ccco1. The molecule has 0 spiro atoms. The van der Waals surface area contributed by atoms with Gasteiger partial charge < -0.3 is 9.73 Å². The first-order valence-corrected chi connectivity index (χ1v) is 7.35. The van der Waals surface area contributed by atoms with E-state index in [0.717, 1.165) is 5.56 Å². The molecule has 23 heavy (non-hydrogen) atoms. The molecule has 0 aliphatic rings. The van der Waals surface area contributed by atoms with Crippen molar-refractivity contribution < 1.29 is 13.6 Å². The van der Waals surface area contributed by atoms with Crippen LogP contribution < -0.4 is 5.32 Å². The number of rotatable bonds is 5. The second kappa shape index (κ2) is 6.92. The predicted molar refractivity (Wildman–Crippen MR) is 85.2 cm³/mol. The first-order chi connectivity index (χ1) is 11.2. The molecule has 116 valence electrons. The van der Waals surface area contributed by atoms with Crippen LogP contribution in [0.4, 0.5) is 4.39 Å². The standard InChI is InChI=1S/C19H16FNO2/c20-16-10-5-4-9-15(16)13-18(22)21-19(17-11-6-12-23-17)14-7-2-1-3-8-14/h1-12,19H,13H2,(H,21,22). The van der Waals surface area contributed by atoms with Gasteiger partial charge in [0.05, 0.1) is 12.7 Å². The fourth-order valence-corrected chi connectivity index (χ4v) is 2.45. The molecule has 0 bridgehead atoms. The van der Waals surface area contributed by atoms with E-state index in [0.29, 0.717) is 11.3 Å². The van der Waals surface area contributed by atoms with Crippen molar-refractivity contribution in [3.05, 3.63) is 95.7 Å². The summed E-state index contributed by atoms with van der Waals surface area (Å²) in [4.78, 5) is 12.3. The van der Waals surface area contributed by atoms with Crippen molar-refractivity contribution in [2.75, 3.05) is 0 Å². The molecule has 0 aliphatic carbocycles. The Balaban J connectivity index is 1.79. The minimum Gasteiger partial charge on any atom is -0.467 e. The Hall–Kier alpha value is -2.88. The van der Waals surface area contributed by atoms with Crippen molar-refractivity contribution in [1.29, 1.82) is 0 Å². The molecule has 1 amide bonds. The summed E-state index contributed by atoms with van der Waals surface area (Å²) in [6.07, 6.45) is 1.55. The highest BCUT2D eigenvalue weighted by Gasteiger charge is 2.19. The van der Waals surface area contributed by atoms with Crippen LogP contribution in [-0.2, 0) is 11.2 Å². The van der Waals surface area contributed by atoms with Crippen LogP contribution in [0, 0.1) is 5.82 Å². The lowest BCUT2D eigenvalue weighted by Gasteiger charge is -2.17. The molecule has 2 aromatic carbocycles. The van der Waals surface area contributed by atoms with Gasteiger partial charge in [-0.05, 0) is 29.3 Å². The lowest BCUT2D eigenvalue weighted by molar-refractivity contribution is -0.121. The molecule has 0 fully saturated rings. The lowest BCUT2D eigenvalue weighted by Crippen LogP contribution is -2.30. The maximum Gasteiger partial charge on any atom is 0.225 e. The normalized spacial score (nSPS) is 11.9. The Morgan fingerprint density at radius 2 is 1.74 bits per heavy atom. The maximum atomic E-state index is 13.7. The quantitative estimate of drug-likeness (QED) is 0.777. The average Bonchev–Trinajstić information content (AvgIpc) is 3.10. The smallest absolute Gasteiger partial charge is 0.225 e. The predicted octanol–water partition coefficient (Wildman–Crippen LogP) is 3.87. The Bertz CT molecular complexity index is 769. The number of hydrogen-bond acceptors (Lipinski definition) is 2. The number of carbonyl (C=O) groups is 1. The summed E-state index contributed by atoms with van der Waals surface area (Å²) >= 11 is 0. The molecule has 1 unspecified atom stereocenters. The zero-order valence-electron chi connectivity index (χ0n) is 12.4. The van der Waals surface area contributed by atoms with Crippen LogP contribution in [-0.4, -0.2) is 5.91 Å². The third-order valence-electron chi connectivity index (χ3n) is 3.57. The van der Waals surface area contributed by atoms with Crippen LogP contribution in [0.25, 0.3) is 0 Å². The van der Waals surface area contributed by atoms with Gasteiger partial charge in [0.15, 0.2) is 0 Å². The largest absolute Gasteiger partial charge is 0.467 e. The lowest BCUT2D eigenvalue weighted by atomic mass is 10.0. The van der Waals surface area contributed by atoms with Gasteiger partial charge in [-0.25, -0.2) is 4.39 Å². The number of nitrogens with one attached hydrogen (secondary N) is 1. The molecular formula is C19H16FNO2. The summed E-state index contributed by atoms with van der Waals surface area (Å²) in [7, 11) is 0. The highest BCUT2D eigenvalue weighted by atomic mass is 19.1. The van der Waals surface area contributed by atoms with Crippen LogP contribution in [0.1, 0.15) is 22.9 Å². The van der Waals surface area contributed by atoms with E-state index in [-0.39, 0.29) is 18.1 Å².